The molecule has 1 amide bonds. The number of rotatable bonds is 9. The monoisotopic (exact) mass is 513 g/mol. The number of methoxy groups -OCH3 is 1. The number of ether oxygens (including phenoxy) is 1. The summed E-state index contributed by atoms with van der Waals surface area (Å²) in [6, 6.07) is 19.6. The molecule has 0 unspecified atom stereocenters. The summed E-state index contributed by atoms with van der Waals surface area (Å²) in [6.45, 7) is 1.46. The standard InChI is InChI=1S/C25H24ClN3O5S/c1-18-4-3-5-20(14-18)16-29(35(32,33)23-12-10-22(26)11-13-23)17-24(30)28-27-15-19-6-8-21(9-7-19)25(31)34-2/h3-15H,16-17H2,1-2H3,(H,28,30)/b27-15+. The maximum absolute atomic E-state index is 13.3. The Kier molecular flexibility index (Phi) is 8.75. The lowest BCUT2D eigenvalue weighted by atomic mass is 10.1. The Balaban J connectivity index is 1.75. The molecule has 0 fully saturated rings. The van der Waals surface area contributed by atoms with Gasteiger partial charge in [-0.1, -0.05) is 53.6 Å². The molecule has 10 heteroatoms. The number of nitrogens with zero attached hydrogens (tertiary/aromatic N) is 2. The van der Waals surface area contributed by atoms with Crippen molar-refractivity contribution in [3.8, 4) is 0 Å². The second-order valence-electron chi connectivity index (χ2n) is 7.62. The average Bonchev–Trinajstić information content (AvgIpc) is 2.84. The van der Waals surface area contributed by atoms with E-state index in [1.807, 2.05) is 25.1 Å². The molecule has 0 saturated heterocycles. The van der Waals surface area contributed by atoms with Crippen LogP contribution in [0.2, 0.25) is 5.02 Å². The van der Waals surface area contributed by atoms with Crippen LogP contribution in [-0.2, 0) is 26.1 Å². The molecule has 0 radical (unpaired) electrons. The molecule has 0 saturated carbocycles. The van der Waals surface area contributed by atoms with Crippen molar-refractivity contribution in [3.63, 3.8) is 0 Å². The molecule has 3 aromatic carbocycles. The van der Waals surface area contributed by atoms with E-state index >= 15 is 0 Å². The van der Waals surface area contributed by atoms with E-state index in [4.69, 9.17) is 11.6 Å². The van der Waals surface area contributed by atoms with Crippen LogP contribution in [-0.4, -0.2) is 44.5 Å². The minimum Gasteiger partial charge on any atom is -0.465 e. The lowest BCUT2D eigenvalue weighted by molar-refractivity contribution is -0.121. The van der Waals surface area contributed by atoms with Crippen LogP contribution in [0.4, 0.5) is 0 Å². The van der Waals surface area contributed by atoms with E-state index in [0.29, 0.717) is 16.1 Å². The smallest absolute Gasteiger partial charge is 0.337 e. The molecule has 0 aromatic heterocycles. The number of aryl methyl sites for hydroxylation is 1. The third-order valence-corrected chi connectivity index (χ3v) is 7.01. The van der Waals surface area contributed by atoms with E-state index in [2.05, 4.69) is 15.3 Å². The first-order valence-corrected chi connectivity index (χ1v) is 12.3. The van der Waals surface area contributed by atoms with Crippen LogP contribution in [0.5, 0.6) is 0 Å². The van der Waals surface area contributed by atoms with Crippen LogP contribution in [0.3, 0.4) is 0 Å². The second-order valence-corrected chi connectivity index (χ2v) is 10.00. The Labute approximate surface area is 209 Å². The van der Waals surface area contributed by atoms with Gasteiger partial charge in [-0.25, -0.2) is 18.6 Å². The molecule has 3 rings (SSSR count). The number of hydrogen-bond acceptors (Lipinski definition) is 6. The number of hydrazone groups is 1. The number of hydrogen-bond donors (Lipinski definition) is 1. The third kappa shape index (κ3) is 7.22. The van der Waals surface area contributed by atoms with Gasteiger partial charge >= 0.3 is 5.97 Å². The van der Waals surface area contributed by atoms with Gasteiger partial charge in [-0.05, 0) is 54.4 Å². The number of carbonyl (C=O) groups excluding carboxylic acids is 2. The zero-order valence-electron chi connectivity index (χ0n) is 19.1. The Bertz CT molecular complexity index is 1320. The number of esters is 1. The number of halogens is 1. The van der Waals surface area contributed by atoms with Crippen molar-refractivity contribution in [2.45, 2.75) is 18.4 Å². The maximum atomic E-state index is 13.3. The lowest BCUT2D eigenvalue weighted by Crippen LogP contribution is -2.39. The summed E-state index contributed by atoms with van der Waals surface area (Å²) in [6.07, 6.45) is 1.39. The Morgan fingerprint density at radius 3 is 2.37 bits per heavy atom. The molecule has 0 aliphatic carbocycles. The highest BCUT2D eigenvalue weighted by Crippen LogP contribution is 2.21. The molecular formula is C25H24ClN3O5S. The summed E-state index contributed by atoms with van der Waals surface area (Å²) in [4.78, 5) is 24.1. The van der Waals surface area contributed by atoms with Crippen molar-refractivity contribution in [3.05, 3.63) is 100 Å². The summed E-state index contributed by atoms with van der Waals surface area (Å²) in [5, 5.41) is 4.30. The molecule has 0 heterocycles. The fourth-order valence-corrected chi connectivity index (χ4v) is 4.70. The highest BCUT2D eigenvalue weighted by Gasteiger charge is 2.27. The van der Waals surface area contributed by atoms with E-state index in [9.17, 15) is 18.0 Å². The fourth-order valence-electron chi connectivity index (χ4n) is 3.19. The first-order chi connectivity index (χ1) is 16.7. The average molecular weight is 514 g/mol. The highest BCUT2D eigenvalue weighted by molar-refractivity contribution is 7.89. The van der Waals surface area contributed by atoms with Gasteiger partial charge in [0, 0.05) is 11.6 Å². The van der Waals surface area contributed by atoms with E-state index in [0.717, 1.165) is 15.4 Å². The van der Waals surface area contributed by atoms with Crippen molar-refractivity contribution in [1.29, 1.82) is 0 Å². The Hall–Kier alpha value is -3.53. The van der Waals surface area contributed by atoms with Crippen LogP contribution in [0.15, 0.2) is 82.8 Å². The van der Waals surface area contributed by atoms with Gasteiger partial charge in [-0.2, -0.15) is 9.41 Å². The first kappa shape index (κ1) is 26.1. The first-order valence-electron chi connectivity index (χ1n) is 10.5. The molecule has 0 spiro atoms. The van der Waals surface area contributed by atoms with E-state index in [-0.39, 0.29) is 11.4 Å². The molecule has 0 aliphatic rings. The van der Waals surface area contributed by atoms with Crippen molar-refractivity contribution in [2.24, 2.45) is 5.10 Å². The second kappa shape index (κ2) is 11.7. The van der Waals surface area contributed by atoms with Crippen molar-refractivity contribution >= 4 is 39.7 Å². The lowest BCUT2D eigenvalue weighted by Gasteiger charge is -2.21. The molecule has 35 heavy (non-hydrogen) atoms. The van der Waals surface area contributed by atoms with Crippen LogP contribution < -0.4 is 5.43 Å². The van der Waals surface area contributed by atoms with Crippen molar-refractivity contribution < 1.29 is 22.7 Å². The number of benzene rings is 3. The van der Waals surface area contributed by atoms with Gasteiger partial charge < -0.3 is 4.74 Å². The third-order valence-electron chi connectivity index (χ3n) is 4.95. The summed E-state index contributed by atoms with van der Waals surface area (Å²) in [7, 11) is -2.70. The van der Waals surface area contributed by atoms with Gasteiger partial charge in [0.05, 0.1) is 30.3 Å². The number of sulfonamides is 1. The molecule has 3 aromatic rings. The van der Waals surface area contributed by atoms with Gasteiger partial charge in [0.2, 0.25) is 10.0 Å². The molecule has 8 nitrogen and oxygen atoms in total. The van der Waals surface area contributed by atoms with Gasteiger partial charge in [-0.3, -0.25) is 4.79 Å². The topological polar surface area (TPSA) is 105 Å². The zero-order chi connectivity index (χ0) is 25.4. The molecule has 0 bridgehead atoms. The van der Waals surface area contributed by atoms with Gasteiger partial charge in [0.25, 0.3) is 5.91 Å². The predicted octanol–water partition coefficient (Wildman–Crippen LogP) is 3.78. The van der Waals surface area contributed by atoms with Crippen LogP contribution in [0, 0.1) is 6.92 Å². The van der Waals surface area contributed by atoms with Gasteiger partial charge in [-0.15, -0.1) is 0 Å². The van der Waals surface area contributed by atoms with Crippen LogP contribution >= 0.6 is 11.6 Å². The SMILES string of the molecule is COC(=O)c1ccc(/C=N/NC(=O)CN(Cc2cccc(C)c2)S(=O)(=O)c2ccc(Cl)cc2)cc1. The normalized spacial score (nSPS) is 11.5. The van der Waals surface area contributed by atoms with Crippen LogP contribution in [0.1, 0.15) is 27.0 Å². The maximum Gasteiger partial charge on any atom is 0.337 e. The summed E-state index contributed by atoms with van der Waals surface area (Å²) >= 11 is 5.90. The molecular weight excluding hydrogens is 490 g/mol. The minimum absolute atomic E-state index is 0.00123. The predicted molar refractivity (Wildman–Crippen MR) is 134 cm³/mol. The number of carbonyl (C=O) groups is 2. The van der Waals surface area contributed by atoms with Gasteiger partial charge in [0.1, 0.15) is 0 Å². The number of amides is 1. The van der Waals surface area contributed by atoms with E-state index < -0.39 is 28.4 Å². The van der Waals surface area contributed by atoms with Crippen LogP contribution in [0.25, 0.3) is 0 Å². The molecule has 0 aliphatic heterocycles. The van der Waals surface area contributed by atoms with E-state index in [1.54, 1.807) is 30.3 Å². The molecule has 1 N–H and O–H groups in total. The number of nitrogens with one attached hydrogen (secondary N) is 1. The van der Waals surface area contributed by atoms with Crippen molar-refractivity contribution in [2.75, 3.05) is 13.7 Å². The molecule has 0 atom stereocenters. The minimum atomic E-state index is -4.00. The molecule has 182 valence electrons. The summed E-state index contributed by atoms with van der Waals surface area (Å²) < 4.78 is 32.3. The fraction of sp³-hybridized carbons (Fsp3) is 0.160. The Morgan fingerprint density at radius 1 is 1.06 bits per heavy atom. The summed E-state index contributed by atoms with van der Waals surface area (Å²) in [5.74, 6) is -1.07. The van der Waals surface area contributed by atoms with E-state index in [1.165, 1.54) is 37.6 Å². The highest BCUT2D eigenvalue weighted by atomic mass is 35.5. The van der Waals surface area contributed by atoms with Gasteiger partial charge in [0.15, 0.2) is 0 Å². The largest absolute Gasteiger partial charge is 0.465 e. The Morgan fingerprint density at radius 2 is 1.74 bits per heavy atom. The zero-order valence-corrected chi connectivity index (χ0v) is 20.7. The summed E-state index contributed by atoms with van der Waals surface area (Å²) in [5.41, 5.74) is 5.07. The van der Waals surface area contributed by atoms with Crippen molar-refractivity contribution in [1.82, 2.24) is 9.73 Å². The quantitative estimate of drug-likeness (QED) is 0.266.